The van der Waals surface area contributed by atoms with Crippen LogP contribution < -0.4 is 5.32 Å². The number of nitrogens with one attached hydrogen (secondary N) is 1. The van der Waals surface area contributed by atoms with Gasteiger partial charge in [0.05, 0.1) is 12.1 Å². The van der Waals surface area contributed by atoms with E-state index >= 15 is 0 Å². The van der Waals surface area contributed by atoms with Gasteiger partial charge in [-0.3, -0.25) is 0 Å². The monoisotopic (exact) mass is 234 g/mol. The number of nitrogens with zero attached hydrogens (tertiary/aromatic N) is 1. The molecule has 0 bridgehead atoms. The van der Waals surface area contributed by atoms with Crippen LogP contribution in [-0.4, -0.2) is 17.5 Å². The summed E-state index contributed by atoms with van der Waals surface area (Å²) < 4.78 is 24.6. The number of hydrogen-bond acceptors (Lipinski definition) is 3. The molecule has 1 rings (SSSR count). The summed E-state index contributed by atoms with van der Waals surface area (Å²) in [6.07, 6.45) is 0.415. The molecule has 0 spiro atoms. The lowest BCUT2D eigenvalue weighted by molar-refractivity contribution is 0.101. The van der Waals surface area contributed by atoms with Crippen LogP contribution in [0.15, 0.2) is 6.20 Å². The van der Waals surface area contributed by atoms with Gasteiger partial charge in [-0.15, -0.1) is 11.3 Å². The Morgan fingerprint density at radius 3 is 2.60 bits per heavy atom. The summed E-state index contributed by atoms with van der Waals surface area (Å²) in [6, 6.07) is -0.909. The van der Waals surface area contributed by atoms with Gasteiger partial charge in [-0.2, -0.15) is 0 Å². The van der Waals surface area contributed by atoms with Crippen LogP contribution in [0.2, 0.25) is 0 Å². The maximum Gasteiger partial charge on any atom is 0.253 e. The van der Waals surface area contributed by atoms with E-state index in [-0.39, 0.29) is 6.04 Å². The van der Waals surface area contributed by atoms with Crippen LogP contribution in [0.3, 0.4) is 0 Å². The van der Waals surface area contributed by atoms with E-state index in [0.29, 0.717) is 0 Å². The second-order valence-electron chi connectivity index (χ2n) is 3.53. The summed E-state index contributed by atoms with van der Waals surface area (Å²) in [6.45, 7) is 5.39. The van der Waals surface area contributed by atoms with E-state index in [0.717, 1.165) is 11.4 Å². The van der Waals surface area contributed by atoms with Gasteiger partial charge in [-0.05, 0) is 20.3 Å². The van der Waals surface area contributed by atoms with Gasteiger partial charge in [-0.25, -0.2) is 13.8 Å². The quantitative estimate of drug-likeness (QED) is 0.847. The average Bonchev–Trinajstić information content (AvgIpc) is 2.65. The summed E-state index contributed by atoms with van der Waals surface area (Å²) in [4.78, 5) is 5.39. The molecule has 0 amide bonds. The molecule has 2 unspecified atom stereocenters. The molecule has 1 aromatic rings. The Morgan fingerprint density at radius 2 is 2.13 bits per heavy atom. The van der Waals surface area contributed by atoms with Crippen molar-refractivity contribution >= 4 is 11.3 Å². The highest BCUT2D eigenvalue weighted by Gasteiger charge is 2.18. The second kappa shape index (κ2) is 5.51. The molecule has 0 aliphatic carbocycles. The standard InChI is InChI=1S/C10H16F2N2S/c1-4-8-5-13-10(15-8)7(3)14-6(2)9(11)12/h5-7,9,14H,4H2,1-3H3. The van der Waals surface area contributed by atoms with Crippen LogP contribution in [0.5, 0.6) is 0 Å². The topological polar surface area (TPSA) is 24.9 Å². The minimum Gasteiger partial charge on any atom is -0.300 e. The fourth-order valence-corrected chi connectivity index (χ4v) is 2.09. The van der Waals surface area contributed by atoms with Gasteiger partial charge in [-0.1, -0.05) is 6.92 Å². The molecule has 0 fully saturated rings. The zero-order valence-corrected chi connectivity index (χ0v) is 9.94. The fourth-order valence-electron chi connectivity index (χ4n) is 1.22. The van der Waals surface area contributed by atoms with Crippen LogP contribution in [0.25, 0.3) is 0 Å². The molecule has 1 heterocycles. The number of aromatic nitrogens is 1. The minimum absolute atomic E-state index is 0.112. The van der Waals surface area contributed by atoms with Crippen molar-refractivity contribution < 1.29 is 8.78 Å². The van der Waals surface area contributed by atoms with Crippen LogP contribution in [0, 0.1) is 0 Å². The predicted molar refractivity (Wildman–Crippen MR) is 58.5 cm³/mol. The first-order valence-corrected chi connectivity index (χ1v) is 5.85. The summed E-state index contributed by atoms with van der Waals surface area (Å²) in [5.74, 6) is 0. The summed E-state index contributed by atoms with van der Waals surface area (Å²) in [5, 5.41) is 3.71. The number of alkyl halides is 2. The number of aryl methyl sites for hydroxylation is 1. The highest BCUT2D eigenvalue weighted by molar-refractivity contribution is 7.11. The Bertz CT molecular complexity index is 301. The van der Waals surface area contributed by atoms with E-state index in [2.05, 4.69) is 17.2 Å². The van der Waals surface area contributed by atoms with Gasteiger partial charge < -0.3 is 5.32 Å². The Hall–Kier alpha value is -0.550. The Morgan fingerprint density at radius 1 is 1.47 bits per heavy atom. The number of rotatable bonds is 5. The van der Waals surface area contributed by atoms with Crippen molar-refractivity contribution in [2.24, 2.45) is 0 Å². The van der Waals surface area contributed by atoms with Crippen molar-refractivity contribution in [3.63, 3.8) is 0 Å². The maximum atomic E-state index is 12.3. The van der Waals surface area contributed by atoms with Gasteiger partial charge in [0.2, 0.25) is 0 Å². The van der Waals surface area contributed by atoms with Crippen LogP contribution >= 0.6 is 11.3 Å². The molecule has 1 aromatic heterocycles. The first-order valence-electron chi connectivity index (χ1n) is 5.03. The molecule has 0 aliphatic heterocycles. The number of thiazole rings is 1. The minimum atomic E-state index is -2.34. The lowest BCUT2D eigenvalue weighted by Crippen LogP contribution is -2.34. The normalized spacial score (nSPS) is 15.6. The van der Waals surface area contributed by atoms with Gasteiger partial charge >= 0.3 is 0 Å². The lowest BCUT2D eigenvalue weighted by atomic mass is 10.3. The van der Waals surface area contributed by atoms with Crippen molar-refractivity contribution in [1.82, 2.24) is 10.3 Å². The Kier molecular flexibility index (Phi) is 4.60. The molecule has 0 radical (unpaired) electrons. The largest absolute Gasteiger partial charge is 0.300 e. The molecular weight excluding hydrogens is 218 g/mol. The van der Waals surface area contributed by atoms with Gasteiger partial charge in [0, 0.05) is 11.1 Å². The lowest BCUT2D eigenvalue weighted by Gasteiger charge is -2.17. The zero-order chi connectivity index (χ0) is 11.4. The molecular formula is C10H16F2N2S. The molecule has 2 nitrogen and oxygen atoms in total. The maximum absolute atomic E-state index is 12.3. The number of halogens is 2. The van der Waals surface area contributed by atoms with Gasteiger partial charge in [0.15, 0.2) is 0 Å². The zero-order valence-electron chi connectivity index (χ0n) is 9.13. The molecule has 1 N–H and O–H groups in total. The SMILES string of the molecule is CCc1cnc(C(C)NC(C)C(F)F)s1. The third-order valence-electron chi connectivity index (χ3n) is 2.18. The molecule has 15 heavy (non-hydrogen) atoms. The third-order valence-corrected chi connectivity index (χ3v) is 3.51. The molecule has 5 heteroatoms. The first-order chi connectivity index (χ1) is 7.04. The Labute approximate surface area is 92.7 Å². The first kappa shape index (κ1) is 12.5. The van der Waals surface area contributed by atoms with Crippen LogP contribution in [0.4, 0.5) is 8.78 Å². The molecule has 2 atom stereocenters. The predicted octanol–water partition coefficient (Wildman–Crippen LogP) is 3.01. The van der Waals surface area contributed by atoms with E-state index in [1.807, 2.05) is 13.1 Å². The number of hydrogen-bond donors (Lipinski definition) is 1. The summed E-state index contributed by atoms with van der Waals surface area (Å²) in [5.41, 5.74) is 0. The second-order valence-corrected chi connectivity index (χ2v) is 4.68. The Balaban J connectivity index is 2.56. The van der Waals surface area contributed by atoms with Crippen molar-refractivity contribution in [3.8, 4) is 0 Å². The van der Waals surface area contributed by atoms with Crippen molar-refractivity contribution in [1.29, 1.82) is 0 Å². The van der Waals surface area contributed by atoms with Crippen LogP contribution in [0.1, 0.15) is 36.7 Å². The third kappa shape index (κ3) is 3.50. The van der Waals surface area contributed by atoms with E-state index in [1.165, 1.54) is 11.8 Å². The van der Waals surface area contributed by atoms with Gasteiger partial charge in [0.25, 0.3) is 6.43 Å². The molecule has 0 saturated carbocycles. The van der Waals surface area contributed by atoms with E-state index in [1.54, 1.807) is 11.3 Å². The summed E-state index contributed by atoms with van der Waals surface area (Å²) in [7, 11) is 0. The fraction of sp³-hybridized carbons (Fsp3) is 0.700. The van der Waals surface area contributed by atoms with Crippen molar-refractivity contribution in [3.05, 3.63) is 16.1 Å². The summed E-state index contributed by atoms with van der Waals surface area (Å²) >= 11 is 1.58. The van der Waals surface area contributed by atoms with Crippen molar-refractivity contribution in [2.45, 2.75) is 45.7 Å². The van der Waals surface area contributed by atoms with Crippen LogP contribution in [-0.2, 0) is 6.42 Å². The highest BCUT2D eigenvalue weighted by atomic mass is 32.1. The van der Waals surface area contributed by atoms with E-state index in [4.69, 9.17) is 0 Å². The van der Waals surface area contributed by atoms with Crippen molar-refractivity contribution in [2.75, 3.05) is 0 Å². The van der Waals surface area contributed by atoms with E-state index < -0.39 is 12.5 Å². The molecule has 0 aromatic carbocycles. The molecule has 86 valence electrons. The van der Waals surface area contributed by atoms with Gasteiger partial charge in [0.1, 0.15) is 5.01 Å². The highest BCUT2D eigenvalue weighted by Crippen LogP contribution is 2.21. The molecule has 0 saturated heterocycles. The molecule has 0 aliphatic rings. The average molecular weight is 234 g/mol. The van der Waals surface area contributed by atoms with E-state index in [9.17, 15) is 8.78 Å². The smallest absolute Gasteiger partial charge is 0.253 e.